The maximum absolute atomic E-state index is 5.10. The smallest absolute Gasteiger partial charge is 0.253 e. The van der Waals surface area contributed by atoms with Crippen molar-refractivity contribution in [3.8, 4) is 0 Å². The Bertz CT molecular complexity index is 359. The summed E-state index contributed by atoms with van der Waals surface area (Å²) in [6.45, 7) is 12.1. The standard InChI is InChI=1S/C13H23N3O/c1-6-11(4)7-8-16(5)9-12-14-13(10(2)3)17-15-12/h11H,2,6-9H2,1,3-5H3/p+1. The van der Waals surface area contributed by atoms with Crippen LogP contribution in [0.2, 0.25) is 0 Å². The first-order valence-corrected chi connectivity index (χ1v) is 6.32. The Morgan fingerprint density at radius 2 is 2.24 bits per heavy atom. The highest BCUT2D eigenvalue weighted by atomic mass is 16.5. The van der Waals surface area contributed by atoms with Gasteiger partial charge in [-0.25, -0.2) is 0 Å². The average molecular weight is 238 g/mol. The second kappa shape index (κ2) is 6.55. The maximum atomic E-state index is 5.10. The predicted octanol–water partition coefficient (Wildman–Crippen LogP) is 1.55. The van der Waals surface area contributed by atoms with Crippen molar-refractivity contribution in [1.29, 1.82) is 0 Å². The molecular formula is C13H24N3O+. The van der Waals surface area contributed by atoms with E-state index in [-0.39, 0.29) is 0 Å². The first-order chi connectivity index (χ1) is 8.02. The summed E-state index contributed by atoms with van der Waals surface area (Å²) >= 11 is 0. The van der Waals surface area contributed by atoms with E-state index < -0.39 is 0 Å². The molecule has 1 aromatic heterocycles. The minimum atomic E-state index is 0.551. The van der Waals surface area contributed by atoms with Gasteiger partial charge in [0.25, 0.3) is 5.89 Å². The van der Waals surface area contributed by atoms with Crippen LogP contribution in [0.1, 0.15) is 45.3 Å². The highest BCUT2D eigenvalue weighted by molar-refractivity contribution is 5.51. The van der Waals surface area contributed by atoms with Crippen LogP contribution in [0, 0.1) is 5.92 Å². The molecule has 2 atom stereocenters. The fourth-order valence-electron chi connectivity index (χ4n) is 1.55. The molecule has 1 aromatic rings. The summed E-state index contributed by atoms with van der Waals surface area (Å²) in [4.78, 5) is 5.71. The summed E-state index contributed by atoms with van der Waals surface area (Å²) in [6, 6.07) is 0. The summed E-state index contributed by atoms with van der Waals surface area (Å²) in [6.07, 6.45) is 2.49. The van der Waals surface area contributed by atoms with Crippen LogP contribution in [0.25, 0.3) is 5.57 Å². The molecular weight excluding hydrogens is 214 g/mol. The van der Waals surface area contributed by atoms with Gasteiger partial charge >= 0.3 is 0 Å². The molecule has 0 bridgehead atoms. The van der Waals surface area contributed by atoms with Crippen LogP contribution in [0.15, 0.2) is 11.1 Å². The van der Waals surface area contributed by atoms with Gasteiger partial charge in [-0.15, -0.1) is 0 Å². The first-order valence-electron chi connectivity index (χ1n) is 6.32. The van der Waals surface area contributed by atoms with E-state index in [9.17, 15) is 0 Å². The zero-order valence-corrected chi connectivity index (χ0v) is 11.4. The van der Waals surface area contributed by atoms with E-state index in [2.05, 4.69) is 37.6 Å². The topological polar surface area (TPSA) is 43.4 Å². The lowest BCUT2D eigenvalue weighted by atomic mass is 10.1. The molecule has 0 aliphatic carbocycles. The Morgan fingerprint density at radius 1 is 1.53 bits per heavy atom. The van der Waals surface area contributed by atoms with Crippen LogP contribution in [0.4, 0.5) is 0 Å². The van der Waals surface area contributed by atoms with Gasteiger partial charge in [-0.2, -0.15) is 4.98 Å². The van der Waals surface area contributed by atoms with Crippen molar-refractivity contribution in [2.45, 2.75) is 40.2 Å². The van der Waals surface area contributed by atoms with E-state index >= 15 is 0 Å². The number of rotatable bonds is 7. The van der Waals surface area contributed by atoms with Crippen LogP contribution in [-0.2, 0) is 6.54 Å². The number of nitrogens with one attached hydrogen (secondary N) is 1. The molecule has 1 N–H and O–H groups in total. The molecule has 0 spiro atoms. The van der Waals surface area contributed by atoms with Gasteiger partial charge in [0.2, 0.25) is 5.82 Å². The van der Waals surface area contributed by atoms with Crippen LogP contribution < -0.4 is 4.90 Å². The normalized spacial score (nSPS) is 14.6. The predicted molar refractivity (Wildman–Crippen MR) is 68.5 cm³/mol. The zero-order valence-electron chi connectivity index (χ0n) is 11.4. The minimum Gasteiger partial charge on any atom is -0.334 e. The summed E-state index contributed by atoms with van der Waals surface area (Å²) in [5, 5.41) is 3.96. The van der Waals surface area contributed by atoms with Crippen molar-refractivity contribution in [2.75, 3.05) is 13.6 Å². The van der Waals surface area contributed by atoms with E-state index in [1.54, 1.807) is 0 Å². The van der Waals surface area contributed by atoms with Gasteiger partial charge in [-0.3, -0.25) is 0 Å². The van der Waals surface area contributed by atoms with Crippen molar-refractivity contribution in [1.82, 2.24) is 10.1 Å². The molecule has 0 saturated carbocycles. The first kappa shape index (κ1) is 13.9. The summed E-state index contributed by atoms with van der Waals surface area (Å²) in [5.41, 5.74) is 0.820. The van der Waals surface area contributed by atoms with Gasteiger partial charge in [0, 0.05) is 5.57 Å². The molecule has 1 rings (SSSR count). The molecule has 0 radical (unpaired) electrons. The van der Waals surface area contributed by atoms with Gasteiger partial charge in [0.05, 0.1) is 13.6 Å². The van der Waals surface area contributed by atoms with E-state index in [0.717, 1.165) is 30.4 Å². The van der Waals surface area contributed by atoms with Crippen molar-refractivity contribution in [3.05, 3.63) is 18.3 Å². The highest BCUT2D eigenvalue weighted by Crippen LogP contribution is 2.07. The third-order valence-corrected chi connectivity index (χ3v) is 3.05. The Hall–Kier alpha value is -1.16. The van der Waals surface area contributed by atoms with E-state index in [1.807, 2.05) is 6.92 Å². The second-order valence-electron chi connectivity index (χ2n) is 4.98. The third kappa shape index (κ3) is 4.69. The van der Waals surface area contributed by atoms with Gasteiger partial charge in [0.15, 0.2) is 0 Å². The van der Waals surface area contributed by atoms with Crippen molar-refractivity contribution in [2.24, 2.45) is 5.92 Å². The second-order valence-corrected chi connectivity index (χ2v) is 4.98. The van der Waals surface area contributed by atoms with E-state index in [4.69, 9.17) is 4.52 Å². The SMILES string of the molecule is C=C(C)c1nc(C[NH+](C)CCC(C)CC)no1. The van der Waals surface area contributed by atoms with Crippen LogP contribution in [0.5, 0.6) is 0 Å². The molecule has 0 aromatic carbocycles. The lowest BCUT2D eigenvalue weighted by molar-refractivity contribution is -0.895. The van der Waals surface area contributed by atoms with Crippen LogP contribution in [-0.4, -0.2) is 23.7 Å². The number of quaternary nitrogens is 1. The quantitative estimate of drug-likeness (QED) is 0.784. The zero-order chi connectivity index (χ0) is 12.8. The molecule has 0 amide bonds. The maximum Gasteiger partial charge on any atom is 0.253 e. The number of hydrogen-bond acceptors (Lipinski definition) is 3. The lowest BCUT2D eigenvalue weighted by Gasteiger charge is -2.14. The number of nitrogens with zero attached hydrogens (tertiary/aromatic N) is 2. The van der Waals surface area contributed by atoms with Gasteiger partial charge < -0.3 is 9.42 Å². The van der Waals surface area contributed by atoms with Crippen molar-refractivity contribution < 1.29 is 9.42 Å². The third-order valence-electron chi connectivity index (χ3n) is 3.05. The summed E-state index contributed by atoms with van der Waals surface area (Å²) < 4.78 is 5.10. The van der Waals surface area contributed by atoms with E-state index in [1.165, 1.54) is 17.7 Å². The molecule has 2 unspecified atom stereocenters. The molecule has 0 fully saturated rings. The molecule has 0 saturated heterocycles. The van der Waals surface area contributed by atoms with Crippen molar-refractivity contribution >= 4 is 5.57 Å². The highest BCUT2D eigenvalue weighted by Gasteiger charge is 2.12. The van der Waals surface area contributed by atoms with Gasteiger partial charge in [-0.05, 0) is 19.3 Å². The fourth-order valence-corrected chi connectivity index (χ4v) is 1.55. The number of aromatic nitrogens is 2. The molecule has 0 aliphatic rings. The van der Waals surface area contributed by atoms with Crippen LogP contribution in [0.3, 0.4) is 0 Å². The van der Waals surface area contributed by atoms with E-state index in [0.29, 0.717) is 5.89 Å². The van der Waals surface area contributed by atoms with Gasteiger partial charge in [-0.1, -0.05) is 32.0 Å². The summed E-state index contributed by atoms with van der Waals surface area (Å²) in [7, 11) is 2.17. The monoisotopic (exact) mass is 238 g/mol. The molecule has 0 aliphatic heterocycles. The Labute approximate surface area is 104 Å². The van der Waals surface area contributed by atoms with Crippen LogP contribution >= 0.6 is 0 Å². The molecule has 17 heavy (non-hydrogen) atoms. The van der Waals surface area contributed by atoms with Crippen molar-refractivity contribution in [3.63, 3.8) is 0 Å². The minimum absolute atomic E-state index is 0.551. The Morgan fingerprint density at radius 3 is 2.76 bits per heavy atom. The average Bonchev–Trinajstić information content (AvgIpc) is 2.74. The molecule has 4 nitrogen and oxygen atoms in total. The summed E-state index contributed by atoms with van der Waals surface area (Å²) in [5.74, 6) is 2.11. The largest absolute Gasteiger partial charge is 0.334 e. The molecule has 4 heteroatoms. The molecule has 96 valence electrons. The Balaban J connectivity index is 2.39. The van der Waals surface area contributed by atoms with Gasteiger partial charge in [0.1, 0.15) is 6.54 Å². The Kier molecular flexibility index (Phi) is 5.35. The lowest BCUT2D eigenvalue weighted by Crippen LogP contribution is -3.07. The fraction of sp³-hybridized carbons (Fsp3) is 0.692. The molecule has 1 heterocycles. The number of hydrogen-bond donors (Lipinski definition) is 1. The number of allylic oxidation sites excluding steroid dienone is 1.